The summed E-state index contributed by atoms with van der Waals surface area (Å²) in [4.78, 5) is 0.426. The molecule has 0 spiro atoms. The Morgan fingerprint density at radius 1 is 1.10 bits per heavy atom. The van der Waals surface area contributed by atoms with Gasteiger partial charge < -0.3 is 4.74 Å². The molecule has 1 N–H and O–H groups in total. The van der Waals surface area contributed by atoms with Crippen molar-refractivity contribution in [3.8, 4) is 5.75 Å². The minimum atomic E-state index is -4.81. The third kappa shape index (κ3) is 6.04. The molecule has 1 unspecified atom stereocenters. The summed E-state index contributed by atoms with van der Waals surface area (Å²) < 4.78 is 72.3. The topological polar surface area (TPSA) is 55.4 Å². The molecule has 0 aliphatic heterocycles. The lowest BCUT2D eigenvalue weighted by atomic mass is 10.1. The molecule has 0 saturated carbocycles. The Labute approximate surface area is 193 Å². The van der Waals surface area contributed by atoms with Gasteiger partial charge in [0, 0.05) is 10.6 Å². The van der Waals surface area contributed by atoms with Crippen molar-refractivity contribution in [2.45, 2.75) is 47.2 Å². The van der Waals surface area contributed by atoms with Gasteiger partial charge in [-0.05, 0) is 79.6 Å². The first-order chi connectivity index (χ1) is 13.8. The standard InChI is InChI=1S/C20H23F3INO3S2/c1-5-28-16-7-6-8-17(11-16)29-12-19(24,20(21,22)23)25-30(26,27)18-14(3)9-13(2)10-15(18)4/h6-11,25H,5,12H2,1-4H3. The Bertz CT molecular complexity index is 990. The highest BCUT2D eigenvalue weighted by Gasteiger charge is 2.55. The molecule has 30 heavy (non-hydrogen) atoms. The summed E-state index contributed by atoms with van der Waals surface area (Å²) in [6.07, 6.45) is -4.81. The second-order valence-corrected chi connectivity index (χ2v) is 11.3. The number of nitrogens with one attached hydrogen (secondary N) is 1. The van der Waals surface area contributed by atoms with Crippen LogP contribution in [0.3, 0.4) is 0 Å². The number of aryl methyl sites for hydroxylation is 3. The first kappa shape index (κ1) is 25.3. The summed E-state index contributed by atoms with van der Waals surface area (Å²) in [7, 11) is -4.42. The number of alkyl halides is 4. The molecule has 0 radical (unpaired) electrons. The van der Waals surface area contributed by atoms with Crippen LogP contribution in [0.2, 0.25) is 0 Å². The van der Waals surface area contributed by atoms with E-state index >= 15 is 0 Å². The predicted octanol–water partition coefficient (Wildman–Crippen LogP) is 5.77. The molecule has 0 heterocycles. The maximum atomic E-state index is 13.9. The van der Waals surface area contributed by atoms with Crippen LogP contribution in [0.1, 0.15) is 23.6 Å². The molecular weight excluding hydrogens is 550 g/mol. The Kier molecular flexibility index (Phi) is 8.14. The number of hydrogen-bond donors (Lipinski definition) is 1. The SMILES string of the molecule is CCOc1cccc(SCC(I)(NS(=O)(=O)c2c(C)cc(C)cc2C)C(F)(F)F)c1. The van der Waals surface area contributed by atoms with Crippen LogP contribution < -0.4 is 9.46 Å². The van der Waals surface area contributed by atoms with Crippen molar-refractivity contribution in [1.29, 1.82) is 0 Å². The van der Waals surface area contributed by atoms with Crippen molar-refractivity contribution >= 4 is 44.4 Å². The second-order valence-electron chi connectivity index (χ2n) is 6.83. The number of rotatable bonds is 8. The fourth-order valence-electron chi connectivity index (χ4n) is 3.03. The van der Waals surface area contributed by atoms with Crippen molar-refractivity contribution in [3.63, 3.8) is 0 Å². The van der Waals surface area contributed by atoms with Gasteiger partial charge in [-0.15, -0.1) is 11.8 Å². The molecule has 0 aromatic heterocycles. The number of halogens is 4. The zero-order valence-corrected chi connectivity index (χ0v) is 20.7. The van der Waals surface area contributed by atoms with Crippen LogP contribution in [0.5, 0.6) is 5.75 Å². The van der Waals surface area contributed by atoms with Crippen molar-refractivity contribution < 1.29 is 26.3 Å². The van der Waals surface area contributed by atoms with Crippen LogP contribution in [0, 0.1) is 20.8 Å². The summed E-state index contributed by atoms with van der Waals surface area (Å²) >= 11 is 2.05. The zero-order chi connectivity index (χ0) is 22.7. The highest BCUT2D eigenvalue weighted by Crippen LogP contribution is 2.42. The Hall–Kier alpha value is -0.980. The maximum Gasteiger partial charge on any atom is 0.417 e. The van der Waals surface area contributed by atoms with Crippen LogP contribution in [0.25, 0.3) is 0 Å². The zero-order valence-electron chi connectivity index (χ0n) is 16.9. The van der Waals surface area contributed by atoms with Gasteiger partial charge in [-0.25, -0.2) is 8.42 Å². The molecule has 10 heteroatoms. The highest BCUT2D eigenvalue weighted by atomic mass is 127. The first-order valence-electron chi connectivity index (χ1n) is 9.02. The van der Waals surface area contributed by atoms with Gasteiger partial charge in [0.05, 0.1) is 11.5 Å². The first-order valence-corrected chi connectivity index (χ1v) is 12.6. The molecule has 0 saturated heterocycles. The summed E-state index contributed by atoms with van der Waals surface area (Å²) in [5.74, 6) is -0.00409. The van der Waals surface area contributed by atoms with Crippen molar-refractivity contribution in [3.05, 3.63) is 53.1 Å². The molecule has 0 amide bonds. The van der Waals surface area contributed by atoms with Gasteiger partial charge in [0.1, 0.15) is 5.75 Å². The van der Waals surface area contributed by atoms with E-state index in [4.69, 9.17) is 4.74 Å². The molecule has 0 fully saturated rings. The van der Waals surface area contributed by atoms with Gasteiger partial charge in [-0.2, -0.15) is 17.9 Å². The number of ether oxygens (including phenoxy) is 1. The second kappa shape index (κ2) is 9.66. The largest absolute Gasteiger partial charge is 0.494 e. The third-order valence-corrected chi connectivity index (χ3v) is 9.28. The molecule has 2 aromatic carbocycles. The lowest BCUT2D eigenvalue weighted by molar-refractivity contribution is -0.151. The third-order valence-electron chi connectivity index (χ3n) is 4.17. The van der Waals surface area contributed by atoms with Crippen molar-refractivity contribution in [2.24, 2.45) is 0 Å². The van der Waals surface area contributed by atoms with Gasteiger partial charge in [-0.1, -0.05) is 23.8 Å². The minimum absolute atomic E-state index is 0.123. The fourth-order valence-corrected chi connectivity index (χ4v) is 7.11. The molecule has 2 aromatic rings. The van der Waals surface area contributed by atoms with Gasteiger partial charge in [0.25, 0.3) is 0 Å². The van der Waals surface area contributed by atoms with Crippen LogP contribution in [0.4, 0.5) is 13.2 Å². The summed E-state index contributed by atoms with van der Waals surface area (Å²) in [5, 5.41) is 0. The minimum Gasteiger partial charge on any atom is -0.494 e. The van der Waals surface area contributed by atoms with Crippen LogP contribution in [-0.4, -0.2) is 30.5 Å². The smallest absolute Gasteiger partial charge is 0.417 e. The van der Waals surface area contributed by atoms with Gasteiger partial charge >= 0.3 is 6.18 Å². The van der Waals surface area contributed by atoms with Gasteiger partial charge in [0.2, 0.25) is 10.0 Å². The molecule has 0 aliphatic carbocycles. The number of hydrogen-bond acceptors (Lipinski definition) is 4. The van der Waals surface area contributed by atoms with Crippen LogP contribution in [-0.2, 0) is 10.0 Å². The summed E-state index contributed by atoms with van der Waals surface area (Å²) in [6, 6.07) is 9.95. The molecular formula is C20H23F3INO3S2. The van der Waals surface area contributed by atoms with E-state index in [0.717, 1.165) is 39.9 Å². The number of sulfonamides is 1. The summed E-state index contributed by atoms with van der Waals surface area (Å²) in [6.45, 7) is 7.19. The molecule has 4 nitrogen and oxygen atoms in total. The van der Waals surface area contributed by atoms with E-state index in [9.17, 15) is 21.6 Å². The molecule has 2 rings (SSSR count). The lowest BCUT2D eigenvalue weighted by Gasteiger charge is -2.31. The van der Waals surface area contributed by atoms with Gasteiger partial charge in [0.15, 0.2) is 3.55 Å². The molecule has 1 atom stereocenters. The average Bonchev–Trinajstić information content (AvgIpc) is 2.58. The monoisotopic (exact) mass is 573 g/mol. The van der Waals surface area contributed by atoms with Crippen molar-refractivity contribution in [1.82, 2.24) is 4.72 Å². The van der Waals surface area contributed by atoms with E-state index in [0.29, 0.717) is 28.4 Å². The average molecular weight is 573 g/mol. The van der Waals surface area contributed by atoms with Crippen LogP contribution in [0.15, 0.2) is 46.2 Å². The quantitative estimate of drug-likeness (QED) is 0.189. The highest BCUT2D eigenvalue weighted by molar-refractivity contribution is 14.1. The van der Waals surface area contributed by atoms with E-state index in [2.05, 4.69) is 0 Å². The lowest BCUT2D eigenvalue weighted by Crippen LogP contribution is -2.55. The number of thioether (sulfide) groups is 1. The van der Waals surface area contributed by atoms with Crippen LogP contribution >= 0.6 is 34.4 Å². The van der Waals surface area contributed by atoms with E-state index in [1.165, 1.54) is 0 Å². The van der Waals surface area contributed by atoms with Gasteiger partial charge in [-0.3, -0.25) is 0 Å². The van der Waals surface area contributed by atoms with E-state index in [-0.39, 0.29) is 4.90 Å². The maximum absolute atomic E-state index is 13.9. The normalized spacial score (nSPS) is 14.4. The van der Waals surface area contributed by atoms with E-state index in [1.807, 2.05) is 11.6 Å². The van der Waals surface area contributed by atoms with Crippen molar-refractivity contribution in [2.75, 3.05) is 12.4 Å². The molecule has 0 bridgehead atoms. The number of benzene rings is 2. The molecule has 0 aliphatic rings. The molecule has 166 valence electrons. The predicted molar refractivity (Wildman–Crippen MR) is 122 cm³/mol. The Morgan fingerprint density at radius 2 is 1.70 bits per heavy atom. The van der Waals surface area contributed by atoms with E-state index < -0.39 is 25.5 Å². The fraction of sp³-hybridized carbons (Fsp3) is 0.400. The summed E-state index contributed by atoms with van der Waals surface area (Å²) in [5.41, 5.74) is 1.64. The van der Waals surface area contributed by atoms with E-state index in [1.54, 1.807) is 57.2 Å². The Balaban J connectivity index is 2.34. The Morgan fingerprint density at radius 3 is 2.23 bits per heavy atom.